The average Bonchev–Trinajstić information content (AvgIpc) is 2.53. The van der Waals surface area contributed by atoms with E-state index in [1.165, 1.54) is 13.0 Å². The van der Waals surface area contributed by atoms with Crippen molar-refractivity contribution in [1.82, 2.24) is 0 Å². The lowest BCUT2D eigenvalue weighted by molar-refractivity contribution is -0.130. The van der Waals surface area contributed by atoms with Crippen molar-refractivity contribution in [3.05, 3.63) is 72.6 Å². The van der Waals surface area contributed by atoms with Gasteiger partial charge < -0.3 is 9.47 Å². The minimum atomic E-state index is -0.582. The quantitative estimate of drug-likeness (QED) is 0.327. The molecule has 0 saturated heterocycles. The Bertz CT molecular complexity index is 776. The molecule has 0 aliphatic carbocycles. The molecule has 3 nitrogen and oxygen atoms in total. The van der Waals surface area contributed by atoms with Gasteiger partial charge >= 0.3 is 5.97 Å². The summed E-state index contributed by atoms with van der Waals surface area (Å²) < 4.78 is 24.8. The van der Waals surface area contributed by atoms with Crippen LogP contribution in [0.5, 0.6) is 11.5 Å². The summed E-state index contributed by atoms with van der Waals surface area (Å²) >= 11 is 0. The van der Waals surface area contributed by atoms with Gasteiger partial charge in [-0.15, -0.1) is 0 Å². The fourth-order valence-corrected chi connectivity index (χ4v) is 1.92. The van der Waals surface area contributed by atoms with Gasteiger partial charge in [-0.25, -0.2) is 9.18 Å². The van der Waals surface area contributed by atoms with Crippen LogP contribution in [0.2, 0.25) is 0 Å². The Morgan fingerprint density at radius 2 is 1.67 bits per heavy atom. The van der Waals surface area contributed by atoms with Crippen molar-refractivity contribution in [2.45, 2.75) is 13.8 Å². The standard InChI is InChI=1S/C20H19FO3/c1-13(2)12-23-16-7-5-15(6-8-16)18-10-9-17(11-19(18)21)24-20(22)14(3)4/h5-11H,1,3,12H2,2,4H3. The second-order valence-electron chi connectivity index (χ2n) is 5.58. The molecule has 0 saturated carbocycles. The van der Waals surface area contributed by atoms with Crippen LogP contribution in [0.15, 0.2) is 66.8 Å². The third-order valence-corrected chi connectivity index (χ3v) is 3.15. The molecule has 2 aromatic rings. The summed E-state index contributed by atoms with van der Waals surface area (Å²) in [6.45, 7) is 11.1. The zero-order valence-electron chi connectivity index (χ0n) is 13.8. The molecule has 4 heteroatoms. The van der Waals surface area contributed by atoms with Crippen LogP contribution in [0.25, 0.3) is 11.1 Å². The van der Waals surface area contributed by atoms with Crippen molar-refractivity contribution >= 4 is 5.97 Å². The summed E-state index contributed by atoms with van der Waals surface area (Å²) in [7, 11) is 0. The van der Waals surface area contributed by atoms with Gasteiger partial charge in [-0.05, 0) is 49.2 Å². The van der Waals surface area contributed by atoms with Crippen molar-refractivity contribution in [3.8, 4) is 22.6 Å². The number of hydrogen-bond acceptors (Lipinski definition) is 3. The highest BCUT2D eigenvalue weighted by Gasteiger charge is 2.10. The number of esters is 1. The van der Waals surface area contributed by atoms with E-state index in [0.717, 1.165) is 5.57 Å². The minimum Gasteiger partial charge on any atom is -0.489 e. The molecule has 0 bridgehead atoms. The molecule has 0 amide bonds. The van der Waals surface area contributed by atoms with Crippen molar-refractivity contribution in [2.75, 3.05) is 6.61 Å². The number of hydrogen-bond donors (Lipinski definition) is 0. The molecule has 0 radical (unpaired) electrons. The molecule has 0 aliphatic heterocycles. The van der Waals surface area contributed by atoms with Gasteiger partial charge in [-0.1, -0.05) is 25.3 Å². The summed E-state index contributed by atoms with van der Waals surface area (Å²) in [6, 6.07) is 11.4. The monoisotopic (exact) mass is 326 g/mol. The fraction of sp³-hybridized carbons (Fsp3) is 0.150. The molecule has 2 aromatic carbocycles. The Kier molecular flexibility index (Phi) is 5.53. The fourth-order valence-electron chi connectivity index (χ4n) is 1.92. The summed E-state index contributed by atoms with van der Waals surface area (Å²) in [4.78, 5) is 11.5. The normalized spacial score (nSPS) is 10.1. The number of ether oxygens (including phenoxy) is 2. The highest BCUT2D eigenvalue weighted by molar-refractivity contribution is 5.88. The summed E-state index contributed by atoms with van der Waals surface area (Å²) in [5.74, 6) is -0.224. The summed E-state index contributed by atoms with van der Waals surface area (Å²) in [6.07, 6.45) is 0. The molecule has 0 fully saturated rings. The van der Waals surface area contributed by atoms with Crippen LogP contribution < -0.4 is 9.47 Å². The number of carbonyl (C=O) groups excluding carboxylic acids is 1. The van der Waals surface area contributed by atoms with E-state index in [1.54, 1.807) is 36.4 Å². The largest absolute Gasteiger partial charge is 0.489 e. The molecule has 24 heavy (non-hydrogen) atoms. The molecule has 0 heterocycles. The molecule has 0 aliphatic rings. The molecular weight excluding hydrogens is 307 g/mol. The summed E-state index contributed by atoms with van der Waals surface area (Å²) in [5, 5.41) is 0. The third kappa shape index (κ3) is 4.56. The van der Waals surface area contributed by atoms with E-state index in [9.17, 15) is 9.18 Å². The van der Waals surface area contributed by atoms with Gasteiger partial charge in [0.2, 0.25) is 0 Å². The van der Waals surface area contributed by atoms with Crippen LogP contribution in [0, 0.1) is 5.82 Å². The highest BCUT2D eigenvalue weighted by atomic mass is 19.1. The van der Waals surface area contributed by atoms with Gasteiger partial charge in [0, 0.05) is 17.2 Å². The van der Waals surface area contributed by atoms with Crippen LogP contribution in [-0.4, -0.2) is 12.6 Å². The van der Waals surface area contributed by atoms with Crippen molar-refractivity contribution in [1.29, 1.82) is 0 Å². The van der Waals surface area contributed by atoms with E-state index in [2.05, 4.69) is 13.2 Å². The first-order valence-corrected chi connectivity index (χ1v) is 7.41. The molecular formula is C20H19FO3. The first-order valence-electron chi connectivity index (χ1n) is 7.41. The number of benzene rings is 2. The Morgan fingerprint density at radius 3 is 2.21 bits per heavy atom. The Labute approximate surface area is 141 Å². The van der Waals surface area contributed by atoms with Crippen LogP contribution in [-0.2, 0) is 4.79 Å². The van der Waals surface area contributed by atoms with Crippen LogP contribution in [0.3, 0.4) is 0 Å². The van der Waals surface area contributed by atoms with Crippen molar-refractivity contribution in [3.63, 3.8) is 0 Å². The maximum absolute atomic E-state index is 14.3. The van der Waals surface area contributed by atoms with Crippen LogP contribution in [0.1, 0.15) is 13.8 Å². The number of rotatable bonds is 6. The van der Waals surface area contributed by atoms with Crippen LogP contribution >= 0.6 is 0 Å². The van der Waals surface area contributed by atoms with Crippen molar-refractivity contribution < 1.29 is 18.7 Å². The molecule has 2 rings (SSSR count). The lowest BCUT2D eigenvalue weighted by Gasteiger charge is -2.09. The Hall–Kier alpha value is -2.88. The predicted molar refractivity (Wildman–Crippen MR) is 92.6 cm³/mol. The van der Waals surface area contributed by atoms with Crippen LogP contribution in [0.4, 0.5) is 4.39 Å². The van der Waals surface area contributed by atoms with E-state index in [1.807, 2.05) is 6.92 Å². The zero-order chi connectivity index (χ0) is 17.7. The maximum atomic E-state index is 14.3. The number of halogens is 1. The van der Waals surface area contributed by atoms with Gasteiger partial charge in [0.1, 0.15) is 23.9 Å². The predicted octanol–water partition coefficient (Wildman–Crippen LogP) is 4.93. The zero-order valence-corrected chi connectivity index (χ0v) is 13.8. The number of carbonyl (C=O) groups is 1. The minimum absolute atomic E-state index is 0.144. The van der Waals surface area contributed by atoms with Gasteiger partial charge in [-0.3, -0.25) is 0 Å². The second kappa shape index (κ2) is 7.59. The molecule has 0 unspecified atom stereocenters. The van der Waals surface area contributed by atoms with E-state index in [0.29, 0.717) is 23.5 Å². The highest BCUT2D eigenvalue weighted by Crippen LogP contribution is 2.28. The summed E-state index contributed by atoms with van der Waals surface area (Å²) in [5.41, 5.74) is 2.29. The van der Waals surface area contributed by atoms with Gasteiger partial charge in [0.05, 0.1) is 0 Å². The third-order valence-electron chi connectivity index (χ3n) is 3.15. The molecule has 124 valence electrons. The topological polar surface area (TPSA) is 35.5 Å². The Balaban J connectivity index is 2.15. The first-order chi connectivity index (χ1) is 11.4. The lowest BCUT2D eigenvalue weighted by Crippen LogP contribution is -2.08. The molecule has 0 aromatic heterocycles. The lowest BCUT2D eigenvalue weighted by atomic mass is 10.0. The van der Waals surface area contributed by atoms with Gasteiger partial charge in [0.15, 0.2) is 0 Å². The smallest absolute Gasteiger partial charge is 0.338 e. The molecule has 0 atom stereocenters. The van der Waals surface area contributed by atoms with E-state index in [-0.39, 0.29) is 11.3 Å². The average molecular weight is 326 g/mol. The molecule has 0 spiro atoms. The van der Waals surface area contributed by atoms with E-state index >= 15 is 0 Å². The molecule has 0 N–H and O–H groups in total. The van der Waals surface area contributed by atoms with Crippen molar-refractivity contribution in [2.24, 2.45) is 0 Å². The van der Waals surface area contributed by atoms with E-state index < -0.39 is 11.8 Å². The van der Waals surface area contributed by atoms with Gasteiger partial charge in [0.25, 0.3) is 0 Å². The SMILES string of the molecule is C=C(C)COc1ccc(-c2ccc(OC(=O)C(=C)C)cc2F)cc1. The van der Waals surface area contributed by atoms with E-state index in [4.69, 9.17) is 9.47 Å². The first kappa shape index (κ1) is 17.5. The Morgan fingerprint density at radius 1 is 1.04 bits per heavy atom. The van der Waals surface area contributed by atoms with Gasteiger partial charge in [-0.2, -0.15) is 0 Å². The second-order valence-corrected chi connectivity index (χ2v) is 5.58. The maximum Gasteiger partial charge on any atom is 0.338 e.